The van der Waals surface area contributed by atoms with E-state index in [0.717, 1.165) is 16.0 Å². The van der Waals surface area contributed by atoms with E-state index in [9.17, 15) is 9.59 Å². The molecule has 1 aromatic carbocycles. The number of amides is 1. The van der Waals surface area contributed by atoms with Crippen LogP contribution in [0.5, 0.6) is 0 Å². The minimum atomic E-state index is -0.825. The minimum absolute atomic E-state index is 0.0840. The molecule has 1 aromatic heterocycles. The molecule has 1 heterocycles. The zero-order chi connectivity index (χ0) is 15.4. The van der Waals surface area contributed by atoms with E-state index < -0.39 is 5.97 Å². The fourth-order valence-corrected chi connectivity index (χ4v) is 3.03. The molecule has 0 aliphatic heterocycles. The van der Waals surface area contributed by atoms with Crippen LogP contribution >= 0.6 is 11.3 Å². The SMILES string of the molecule is Cc1cc(C)c(C(=O)Nc2cccc(CCC(=O)O)c2)s1. The Morgan fingerprint density at radius 2 is 2.00 bits per heavy atom. The van der Waals surface area contributed by atoms with Crippen molar-refractivity contribution in [3.8, 4) is 0 Å². The molecule has 0 bridgehead atoms. The molecule has 0 spiro atoms. The summed E-state index contributed by atoms with van der Waals surface area (Å²) in [5.74, 6) is -0.949. The average Bonchev–Trinajstić information content (AvgIpc) is 2.76. The number of hydrogen-bond acceptors (Lipinski definition) is 3. The molecule has 2 N–H and O–H groups in total. The number of thiophene rings is 1. The number of carboxylic acids is 1. The van der Waals surface area contributed by atoms with Crippen LogP contribution < -0.4 is 5.32 Å². The molecule has 2 aromatic rings. The fourth-order valence-electron chi connectivity index (χ4n) is 2.11. The van der Waals surface area contributed by atoms with Crippen LogP contribution in [-0.4, -0.2) is 17.0 Å². The van der Waals surface area contributed by atoms with Gasteiger partial charge in [-0.05, 0) is 49.6 Å². The summed E-state index contributed by atoms with van der Waals surface area (Å²) in [7, 11) is 0. The van der Waals surface area contributed by atoms with Gasteiger partial charge in [-0.2, -0.15) is 0 Å². The summed E-state index contributed by atoms with van der Waals surface area (Å²) >= 11 is 1.47. The van der Waals surface area contributed by atoms with Crippen LogP contribution in [0.3, 0.4) is 0 Å². The predicted octanol–water partition coefficient (Wildman–Crippen LogP) is 3.63. The predicted molar refractivity (Wildman–Crippen MR) is 84.1 cm³/mol. The van der Waals surface area contributed by atoms with E-state index in [1.807, 2.05) is 38.1 Å². The summed E-state index contributed by atoms with van der Waals surface area (Å²) in [5, 5.41) is 11.6. The summed E-state index contributed by atoms with van der Waals surface area (Å²) in [5.41, 5.74) is 2.56. The second-order valence-electron chi connectivity index (χ2n) is 4.92. The molecule has 0 atom stereocenters. The quantitative estimate of drug-likeness (QED) is 0.886. The van der Waals surface area contributed by atoms with Gasteiger partial charge in [0.15, 0.2) is 0 Å². The van der Waals surface area contributed by atoms with Crippen molar-refractivity contribution < 1.29 is 14.7 Å². The highest BCUT2D eigenvalue weighted by molar-refractivity contribution is 7.14. The zero-order valence-electron chi connectivity index (χ0n) is 12.0. The summed E-state index contributed by atoms with van der Waals surface area (Å²) in [6.45, 7) is 3.89. The summed E-state index contributed by atoms with van der Waals surface area (Å²) < 4.78 is 0. The number of rotatable bonds is 5. The smallest absolute Gasteiger partial charge is 0.303 e. The third-order valence-electron chi connectivity index (χ3n) is 3.06. The fraction of sp³-hybridized carbons (Fsp3) is 0.250. The van der Waals surface area contributed by atoms with Crippen LogP contribution in [0.1, 0.15) is 32.1 Å². The molecule has 4 nitrogen and oxygen atoms in total. The van der Waals surface area contributed by atoms with Gasteiger partial charge in [0.05, 0.1) is 4.88 Å². The van der Waals surface area contributed by atoms with Crippen LogP contribution in [0.2, 0.25) is 0 Å². The van der Waals surface area contributed by atoms with Crippen molar-refractivity contribution in [2.24, 2.45) is 0 Å². The lowest BCUT2D eigenvalue weighted by Gasteiger charge is -2.06. The van der Waals surface area contributed by atoms with E-state index in [0.29, 0.717) is 17.0 Å². The van der Waals surface area contributed by atoms with E-state index in [4.69, 9.17) is 5.11 Å². The standard InChI is InChI=1S/C16H17NO3S/c1-10-8-11(2)21-15(10)16(20)17-13-5-3-4-12(9-13)6-7-14(18)19/h3-5,8-9H,6-7H2,1-2H3,(H,17,20)(H,18,19). The maximum absolute atomic E-state index is 12.2. The first-order valence-corrected chi connectivity index (χ1v) is 7.46. The van der Waals surface area contributed by atoms with E-state index >= 15 is 0 Å². The Hall–Kier alpha value is -2.14. The van der Waals surface area contributed by atoms with E-state index in [1.165, 1.54) is 11.3 Å². The van der Waals surface area contributed by atoms with Gasteiger partial charge >= 0.3 is 5.97 Å². The first-order chi connectivity index (χ1) is 9.95. The number of hydrogen-bond donors (Lipinski definition) is 2. The maximum atomic E-state index is 12.2. The largest absolute Gasteiger partial charge is 0.481 e. The Labute approximate surface area is 127 Å². The number of nitrogens with one attached hydrogen (secondary N) is 1. The lowest BCUT2D eigenvalue weighted by atomic mass is 10.1. The topological polar surface area (TPSA) is 66.4 Å². The van der Waals surface area contributed by atoms with Crippen molar-refractivity contribution >= 4 is 28.9 Å². The minimum Gasteiger partial charge on any atom is -0.481 e. The van der Waals surface area contributed by atoms with Gasteiger partial charge in [0.1, 0.15) is 0 Å². The zero-order valence-corrected chi connectivity index (χ0v) is 12.8. The van der Waals surface area contributed by atoms with Crippen molar-refractivity contribution in [1.82, 2.24) is 0 Å². The Balaban J connectivity index is 2.09. The van der Waals surface area contributed by atoms with Crippen LogP contribution in [0.15, 0.2) is 30.3 Å². The summed E-state index contributed by atoms with van der Waals surface area (Å²) in [6, 6.07) is 9.29. The number of carbonyl (C=O) groups is 2. The highest BCUT2D eigenvalue weighted by Crippen LogP contribution is 2.22. The number of aliphatic carboxylic acids is 1. The van der Waals surface area contributed by atoms with Crippen LogP contribution in [0.4, 0.5) is 5.69 Å². The molecule has 0 aliphatic rings. The highest BCUT2D eigenvalue weighted by Gasteiger charge is 2.12. The number of anilines is 1. The summed E-state index contributed by atoms with van der Waals surface area (Å²) in [4.78, 5) is 24.6. The second-order valence-corrected chi connectivity index (χ2v) is 6.17. The van der Waals surface area contributed by atoms with Gasteiger partial charge in [-0.1, -0.05) is 12.1 Å². The third-order valence-corrected chi connectivity index (χ3v) is 4.21. The van der Waals surface area contributed by atoms with Gasteiger partial charge < -0.3 is 10.4 Å². The molecule has 0 fully saturated rings. The van der Waals surface area contributed by atoms with E-state index in [2.05, 4.69) is 5.32 Å². The average molecular weight is 303 g/mol. The van der Waals surface area contributed by atoms with Gasteiger partial charge in [0, 0.05) is 17.0 Å². The molecular weight excluding hydrogens is 286 g/mol. The van der Waals surface area contributed by atoms with Gasteiger partial charge in [-0.3, -0.25) is 9.59 Å². The number of carboxylic acid groups (broad SMARTS) is 1. The normalized spacial score (nSPS) is 10.4. The van der Waals surface area contributed by atoms with Crippen LogP contribution in [0, 0.1) is 13.8 Å². The molecule has 0 unspecified atom stereocenters. The van der Waals surface area contributed by atoms with Crippen molar-refractivity contribution in [1.29, 1.82) is 0 Å². The molecule has 110 valence electrons. The molecule has 0 radical (unpaired) electrons. The molecule has 21 heavy (non-hydrogen) atoms. The van der Waals surface area contributed by atoms with E-state index in [1.54, 1.807) is 6.07 Å². The Morgan fingerprint density at radius 1 is 1.24 bits per heavy atom. The van der Waals surface area contributed by atoms with Crippen LogP contribution in [0.25, 0.3) is 0 Å². The van der Waals surface area contributed by atoms with E-state index in [-0.39, 0.29) is 12.3 Å². The second kappa shape index (κ2) is 6.54. The van der Waals surface area contributed by atoms with Gasteiger partial charge in [0.2, 0.25) is 0 Å². The Kier molecular flexibility index (Phi) is 4.75. The number of benzene rings is 1. The van der Waals surface area contributed by atoms with Gasteiger partial charge in [-0.25, -0.2) is 0 Å². The lowest BCUT2D eigenvalue weighted by Crippen LogP contribution is -2.11. The molecule has 0 saturated carbocycles. The first-order valence-electron chi connectivity index (χ1n) is 6.65. The van der Waals surface area contributed by atoms with Gasteiger partial charge in [-0.15, -0.1) is 11.3 Å². The van der Waals surface area contributed by atoms with Gasteiger partial charge in [0.25, 0.3) is 5.91 Å². The molecule has 1 amide bonds. The monoisotopic (exact) mass is 303 g/mol. The Bertz CT molecular complexity index is 676. The highest BCUT2D eigenvalue weighted by atomic mass is 32.1. The molecule has 2 rings (SSSR count). The third kappa shape index (κ3) is 4.16. The lowest BCUT2D eigenvalue weighted by molar-refractivity contribution is -0.136. The molecular formula is C16H17NO3S. The van der Waals surface area contributed by atoms with Crippen molar-refractivity contribution in [3.63, 3.8) is 0 Å². The van der Waals surface area contributed by atoms with Crippen molar-refractivity contribution in [2.75, 3.05) is 5.32 Å². The molecule has 0 saturated heterocycles. The maximum Gasteiger partial charge on any atom is 0.303 e. The summed E-state index contributed by atoms with van der Waals surface area (Å²) in [6.07, 6.45) is 0.539. The molecule has 5 heteroatoms. The van der Waals surface area contributed by atoms with Crippen molar-refractivity contribution in [3.05, 3.63) is 51.2 Å². The van der Waals surface area contributed by atoms with Crippen LogP contribution in [-0.2, 0) is 11.2 Å². The number of carbonyl (C=O) groups excluding carboxylic acids is 1. The Morgan fingerprint density at radius 3 is 2.62 bits per heavy atom. The van der Waals surface area contributed by atoms with Crippen molar-refractivity contribution in [2.45, 2.75) is 26.7 Å². The number of aryl methyl sites for hydroxylation is 3. The molecule has 0 aliphatic carbocycles. The first kappa shape index (κ1) is 15.3.